The third-order valence-electron chi connectivity index (χ3n) is 4.74. The zero-order chi connectivity index (χ0) is 20.1. The van der Waals surface area contributed by atoms with Crippen LogP contribution in [0.2, 0.25) is 5.02 Å². The second-order valence-electron chi connectivity index (χ2n) is 6.75. The van der Waals surface area contributed by atoms with Crippen LogP contribution in [-0.2, 0) is 24.1 Å². The molecule has 0 radical (unpaired) electrons. The van der Waals surface area contributed by atoms with Crippen molar-refractivity contribution in [1.29, 1.82) is 0 Å². The monoisotopic (exact) mass is 392 g/mol. The van der Waals surface area contributed by atoms with Crippen LogP contribution in [0.15, 0.2) is 66.7 Å². The van der Waals surface area contributed by atoms with Crippen molar-refractivity contribution >= 4 is 23.4 Å². The number of benzene rings is 3. The lowest BCUT2D eigenvalue weighted by Gasteiger charge is -2.08. The third-order valence-corrected chi connectivity index (χ3v) is 4.97. The summed E-state index contributed by atoms with van der Waals surface area (Å²) in [5.41, 5.74) is 4.99. The van der Waals surface area contributed by atoms with Gasteiger partial charge in [0.2, 0.25) is 0 Å². The SMILES string of the molecule is CCc1ccc(-c2ccc(CC(=O)Cc3cc(Cl)ccc3C(=O)O)cc2)cc1. The van der Waals surface area contributed by atoms with Crippen LogP contribution in [-0.4, -0.2) is 16.9 Å². The molecule has 3 nitrogen and oxygen atoms in total. The standard InChI is InChI=1S/C24H21ClO3/c1-2-16-3-7-18(8-4-16)19-9-5-17(6-10-19)13-22(26)15-20-14-21(25)11-12-23(20)24(27)28/h3-12,14H,2,13,15H2,1H3,(H,27,28). The van der Waals surface area contributed by atoms with Crippen molar-refractivity contribution in [3.63, 3.8) is 0 Å². The predicted octanol–water partition coefficient (Wildman–Crippen LogP) is 5.62. The number of Topliss-reactive ketones (excluding diaryl/α,β-unsaturated/α-hetero) is 1. The molecule has 0 heterocycles. The number of carbonyl (C=O) groups is 2. The van der Waals surface area contributed by atoms with Gasteiger partial charge in [-0.1, -0.05) is 67.1 Å². The Balaban J connectivity index is 1.69. The van der Waals surface area contributed by atoms with Crippen LogP contribution >= 0.6 is 11.6 Å². The zero-order valence-corrected chi connectivity index (χ0v) is 16.4. The molecule has 0 aliphatic rings. The molecule has 0 bridgehead atoms. The molecule has 3 aromatic rings. The lowest BCUT2D eigenvalue weighted by molar-refractivity contribution is -0.117. The van der Waals surface area contributed by atoms with E-state index in [1.54, 1.807) is 6.07 Å². The number of hydrogen-bond acceptors (Lipinski definition) is 2. The topological polar surface area (TPSA) is 54.4 Å². The molecule has 0 spiro atoms. The summed E-state index contributed by atoms with van der Waals surface area (Å²) in [5, 5.41) is 9.70. The van der Waals surface area contributed by atoms with E-state index in [2.05, 4.69) is 31.2 Å². The molecule has 0 saturated heterocycles. The van der Waals surface area contributed by atoms with Crippen molar-refractivity contribution in [1.82, 2.24) is 0 Å². The number of ketones is 1. The smallest absolute Gasteiger partial charge is 0.335 e. The quantitative estimate of drug-likeness (QED) is 0.567. The molecular formula is C24H21ClO3. The van der Waals surface area contributed by atoms with Crippen molar-refractivity contribution in [2.75, 3.05) is 0 Å². The van der Waals surface area contributed by atoms with Gasteiger partial charge >= 0.3 is 5.97 Å². The third kappa shape index (κ3) is 4.87. The van der Waals surface area contributed by atoms with Gasteiger partial charge in [0, 0.05) is 17.9 Å². The number of carboxylic acids is 1. The summed E-state index contributed by atoms with van der Waals surface area (Å²) in [6.45, 7) is 2.13. The second kappa shape index (κ2) is 8.85. The van der Waals surface area contributed by atoms with Gasteiger partial charge in [-0.3, -0.25) is 4.79 Å². The molecule has 0 unspecified atom stereocenters. The Morgan fingerprint density at radius 3 is 1.93 bits per heavy atom. The van der Waals surface area contributed by atoms with E-state index in [9.17, 15) is 14.7 Å². The number of carboxylic acid groups (broad SMARTS) is 1. The molecule has 0 fully saturated rings. The van der Waals surface area contributed by atoms with E-state index in [4.69, 9.17) is 11.6 Å². The first-order valence-corrected chi connectivity index (χ1v) is 9.55. The van der Waals surface area contributed by atoms with Crippen molar-refractivity contribution in [3.05, 3.63) is 94.0 Å². The first-order chi connectivity index (χ1) is 13.5. The van der Waals surface area contributed by atoms with Crippen LogP contribution in [0.3, 0.4) is 0 Å². The second-order valence-corrected chi connectivity index (χ2v) is 7.18. The van der Waals surface area contributed by atoms with Crippen molar-refractivity contribution in [2.24, 2.45) is 0 Å². The molecule has 3 aromatic carbocycles. The average Bonchev–Trinajstić information content (AvgIpc) is 2.68. The Morgan fingerprint density at radius 1 is 0.821 bits per heavy atom. The Kier molecular flexibility index (Phi) is 6.27. The maximum atomic E-state index is 12.5. The minimum absolute atomic E-state index is 0.0441. The van der Waals surface area contributed by atoms with E-state index < -0.39 is 5.97 Å². The number of aryl methyl sites for hydroxylation is 1. The summed E-state index contributed by atoms with van der Waals surface area (Å²) >= 11 is 5.96. The summed E-state index contributed by atoms with van der Waals surface area (Å²) in [7, 11) is 0. The average molecular weight is 393 g/mol. The Morgan fingerprint density at radius 2 is 1.39 bits per heavy atom. The molecule has 142 valence electrons. The van der Waals surface area contributed by atoms with Crippen LogP contribution in [0, 0.1) is 0 Å². The molecule has 4 heteroatoms. The van der Waals surface area contributed by atoms with Crippen LogP contribution in [0.5, 0.6) is 0 Å². The van der Waals surface area contributed by atoms with Gasteiger partial charge < -0.3 is 5.11 Å². The van der Waals surface area contributed by atoms with Gasteiger partial charge in [0.1, 0.15) is 5.78 Å². The summed E-state index contributed by atoms with van der Waals surface area (Å²) in [6.07, 6.45) is 1.31. The van der Waals surface area contributed by atoms with E-state index >= 15 is 0 Å². The van der Waals surface area contributed by atoms with Crippen molar-refractivity contribution in [2.45, 2.75) is 26.2 Å². The Labute approximate surface area is 169 Å². The van der Waals surface area contributed by atoms with E-state index in [0.717, 1.165) is 23.1 Å². The van der Waals surface area contributed by atoms with E-state index in [0.29, 0.717) is 10.6 Å². The van der Waals surface area contributed by atoms with Gasteiger partial charge in [0.05, 0.1) is 5.56 Å². The highest BCUT2D eigenvalue weighted by molar-refractivity contribution is 6.30. The Bertz CT molecular complexity index is 989. The van der Waals surface area contributed by atoms with Crippen LogP contribution < -0.4 is 0 Å². The summed E-state index contributed by atoms with van der Waals surface area (Å²) in [6, 6.07) is 20.8. The molecule has 0 aliphatic heterocycles. The fourth-order valence-corrected chi connectivity index (χ4v) is 3.36. The summed E-state index contributed by atoms with van der Waals surface area (Å²) in [4.78, 5) is 23.8. The van der Waals surface area contributed by atoms with Gasteiger partial charge in [-0.2, -0.15) is 0 Å². The highest BCUT2D eigenvalue weighted by atomic mass is 35.5. The molecule has 0 saturated carbocycles. The minimum Gasteiger partial charge on any atom is -0.478 e. The molecule has 0 atom stereocenters. The van der Waals surface area contributed by atoms with E-state index in [1.807, 2.05) is 24.3 Å². The van der Waals surface area contributed by atoms with Gasteiger partial charge in [-0.05, 0) is 52.4 Å². The van der Waals surface area contributed by atoms with Gasteiger partial charge in [0.15, 0.2) is 0 Å². The summed E-state index contributed by atoms with van der Waals surface area (Å²) < 4.78 is 0. The number of aromatic carboxylic acids is 1. The maximum Gasteiger partial charge on any atom is 0.335 e. The largest absolute Gasteiger partial charge is 0.478 e. The highest BCUT2D eigenvalue weighted by Crippen LogP contribution is 2.22. The zero-order valence-electron chi connectivity index (χ0n) is 15.6. The lowest BCUT2D eigenvalue weighted by Crippen LogP contribution is -2.11. The number of hydrogen-bond donors (Lipinski definition) is 1. The maximum absolute atomic E-state index is 12.5. The molecule has 28 heavy (non-hydrogen) atoms. The highest BCUT2D eigenvalue weighted by Gasteiger charge is 2.14. The van der Waals surface area contributed by atoms with Gasteiger partial charge in [-0.25, -0.2) is 4.79 Å². The van der Waals surface area contributed by atoms with Crippen LogP contribution in [0.25, 0.3) is 11.1 Å². The predicted molar refractivity (Wildman–Crippen MR) is 112 cm³/mol. The molecule has 0 amide bonds. The van der Waals surface area contributed by atoms with Crippen LogP contribution in [0.4, 0.5) is 0 Å². The normalized spacial score (nSPS) is 10.6. The first-order valence-electron chi connectivity index (χ1n) is 9.18. The molecule has 0 aliphatic carbocycles. The molecule has 3 rings (SSSR count). The fourth-order valence-electron chi connectivity index (χ4n) is 3.17. The van der Waals surface area contributed by atoms with Crippen molar-refractivity contribution in [3.8, 4) is 11.1 Å². The van der Waals surface area contributed by atoms with Gasteiger partial charge in [0.25, 0.3) is 0 Å². The number of carbonyl (C=O) groups excluding carboxylic acids is 1. The van der Waals surface area contributed by atoms with Crippen molar-refractivity contribution < 1.29 is 14.7 Å². The van der Waals surface area contributed by atoms with E-state index in [1.165, 1.54) is 17.7 Å². The van der Waals surface area contributed by atoms with Crippen LogP contribution in [0.1, 0.15) is 34.0 Å². The van der Waals surface area contributed by atoms with E-state index in [-0.39, 0.29) is 24.2 Å². The summed E-state index contributed by atoms with van der Waals surface area (Å²) in [5.74, 6) is -1.11. The van der Waals surface area contributed by atoms with Gasteiger partial charge in [-0.15, -0.1) is 0 Å². The molecule has 0 aromatic heterocycles. The minimum atomic E-state index is -1.06. The first kappa shape index (κ1) is 19.8. The molecular weight excluding hydrogens is 372 g/mol. The Hall–Kier alpha value is -2.91. The number of halogens is 1. The fraction of sp³-hybridized carbons (Fsp3) is 0.167. The lowest BCUT2D eigenvalue weighted by atomic mass is 9.97. The molecule has 1 N–H and O–H groups in total. The number of rotatable bonds is 7.